The molecule has 1 saturated heterocycles. The van der Waals surface area contributed by atoms with Crippen LogP contribution in [0.5, 0.6) is 0 Å². The maximum atomic E-state index is 5.03. The SMILES string of the molecule is CN=C(NCCOC)NCc1ccc(CN2CCCCCC2)cc1. The summed E-state index contributed by atoms with van der Waals surface area (Å²) >= 11 is 0. The maximum Gasteiger partial charge on any atom is 0.191 e. The van der Waals surface area contributed by atoms with Gasteiger partial charge in [0.1, 0.15) is 0 Å². The number of hydrogen-bond donors (Lipinski definition) is 2. The van der Waals surface area contributed by atoms with Crippen LogP contribution in [0.3, 0.4) is 0 Å². The molecule has 5 heteroatoms. The highest BCUT2D eigenvalue weighted by atomic mass is 16.5. The lowest BCUT2D eigenvalue weighted by molar-refractivity contribution is 0.203. The summed E-state index contributed by atoms with van der Waals surface area (Å²) in [7, 11) is 3.48. The van der Waals surface area contributed by atoms with Gasteiger partial charge in [-0.1, -0.05) is 37.1 Å². The summed E-state index contributed by atoms with van der Waals surface area (Å²) in [6, 6.07) is 8.93. The van der Waals surface area contributed by atoms with Crippen LogP contribution in [0.2, 0.25) is 0 Å². The Labute approximate surface area is 146 Å². The lowest BCUT2D eigenvalue weighted by atomic mass is 10.1. The molecule has 0 bridgehead atoms. The van der Waals surface area contributed by atoms with Gasteiger partial charge in [-0.15, -0.1) is 0 Å². The molecule has 5 nitrogen and oxygen atoms in total. The quantitative estimate of drug-likeness (QED) is 0.457. The van der Waals surface area contributed by atoms with Gasteiger partial charge in [-0.05, 0) is 37.1 Å². The first-order valence-electron chi connectivity index (χ1n) is 9.05. The molecule has 1 fully saturated rings. The fourth-order valence-corrected chi connectivity index (χ4v) is 2.99. The summed E-state index contributed by atoms with van der Waals surface area (Å²) in [5, 5.41) is 6.55. The van der Waals surface area contributed by atoms with Gasteiger partial charge in [0.05, 0.1) is 6.61 Å². The molecule has 1 aliphatic rings. The molecule has 0 aromatic heterocycles. The molecule has 0 saturated carbocycles. The van der Waals surface area contributed by atoms with Crippen molar-refractivity contribution in [2.24, 2.45) is 4.99 Å². The number of likely N-dealkylation sites (tertiary alicyclic amines) is 1. The minimum atomic E-state index is 0.673. The van der Waals surface area contributed by atoms with E-state index in [2.05, 4.69) is 44.8 Å². The fourth-order valence-electron chi connectivity index (χ4n) is 2.99. The lowest BCUT2D eigenvalue weighted by Crippen LogP contribution is -2.38. The van der Waals surface area contributed by atoms with Gasteiger partial charge in [0.25, 0.3) is 0 Å². The average Bonchev–Trinajstić information content (AvgIpc) is 2.88. The average molecular weight is 332 g/mol. The van der Waals surface area contributed by atoms with Crippen molar-refractivity contribution < 1.29 is 4.74 Å². The van der Waals surface area contributed by atoms with Gasteiger partial charge >= 0.3 is 0 Å². The molecule has 1 heterocycles. The predicted molar refractivity (Wildman–Crippen MR) is 100 cm³/mol. The van der Waals surface area contributed by atoms with Crippen molar-refractivity contribution in [2.75, 3.05) is 40.4 Å². The first-order valence-corrected chi connectivity index (χ1v) is 9.05. The highest BCUT2D eigenvalue weighted by molar-refractivity contribution is 5.79. The molecular weight excluding hydrogens is 300 g/mol. The second kappa shape index (κ2) is 11.0. The van der Waals surface area contributed by atoms with E-state index >= 15 is 0 Å². The number of hydrogen-bond acceptors (Lipinski definition) is 3. The van der Waals surface area contributed by atoms with Crippen molar-refractivity contribution in [1.82, 2.24) is 15.5 Å². The minimum absolute atomic E-state index is 0.673. The Hall–Kier alpha value is -1.59. The number of aliphatic imine (C=N–C) groups is 1. The van der Waals surface area contributed by atoms with E-state index in [1.54, 1.807) is 14.2 Å². The van der Waals surface area contributed by atoms with Crippen molar-refractivity contribution in [1.29, 1.82) is 0 Å². The Kier molecular flexibility index (Phi) is 8.63. The number of ether oxygens (including phenoxy) is 1. The number of guanidine groups is 1. The highest BCUT2D eigenvalue weighted by Gasteiger charge is 2.09. The summed E-state index contributed by atoms with van der Waals surface area (Å²) in [5.74, 6) is 0.806. The number of benzene rings is 1. The second-order valence-corrected chi connectivity index (χ2v) is 6.35. The molecule has 24 heavy (non-hydrogen) atoms. The molecule has 0 radical (unpaired) electrons. The van der Waals surface area contributed by atoms with E-state index in [-0.39, 0.29) is 0 Å². The van der Waals surface area contributed by atoms with Crippen LogP contribution in [0, 0.1) is 0 Å². The van der Waals surface area contributed by atoms with Crippen LogP contribution in [-0.2, 0) is 17.8 Å². The molecule has 1 aliphatic heterocycles. The number of rotatable bonds is 7. The zero-order chi connectivity index (χ0) is 17.0. The van der Waals surface area contributed by atoms with Crippen molar-refractivity contribution in [3.05, 3.63) is 35.4 Å². The van der Waals surface area contributed by atoms with E-state index in [9.17, 15) is 0 Å². The van der Waals surface area contributed by atoms with E-state index < -0.39 is 0 Å². The van der Waals surface area contributed by atoms with Crippen LogP contribution >= 0.6 is 0 Å². The van der Waals surface area contributed by atoms with Crippen LogP contribution in [0.15, 0.2) is 29.3 Å². The standard InChI is InChI=1S/C19H32N4O/c1-20-19(21-11-14-24-2)22-15-17-7-9-18(10-8-17)16-23-12-5-3-4-6-13-23/h7-10H,3-6,11-16H2,1-2H3,(H2,20,21,22). The van der Waals surface area contributed by atoms with E-state index in [0.29, 0.717) is 6.61 Å². The maximum absolute atomic E-state index is 5.03. The van der Waals surface area contributed by atoms with Gasteiger partial charge < -0.3 is 15.4 Å². The zero-order valence-corrected chi connectivity index (χ0v) is 15.2. The molecule has 1 aromatic carbocycles. The monoisotopic (exact) mass is 332 g/mol. The normalized spacial score (nSPS) is 16.7. The molecule has 0 spiro atoms. The zero-order valence-electron chi connectivity index (χ0n) is 15.2. The van der Waals surface area contributed by atoms with Crippen molar-refractivity contribution in [3.8, 4) is 0 Å². The van der Waals surface area contributed by atoms with E-state index in [0.717, 1.165) is 25.6 Å². The Morgan fingerprint density at radius 1 is 1.04 bits per heavy atom. The van der Waals surface area contributed by atoms with Gasteiger partial charge in [0, 0.05) is 33.8 Å². The third-order valence-corrected chi connectivity index (χ3v) is 4.41. The molecule has 134 valence electrons. The molecule has 0 amide bonds. The third-order valence-electron chi connectivity index (χ3n) is 4.41. The topological polar surface area (TPSA) is 48.9 Å². The summed E-state index contributed by atoms with van der Waals surface area (Å²) in [5.41, 5.74) is 2.67. The van der Waals surface area contributed by atoms with Crippen LogP contribution < -0.4 is 10.6 Å². The summed E-state index contributed by atoms with van der Waals surface area (Å²) in [6.07, 6.45) is 5.47. The second-order valence-electron chi connectivity index (χ2n) is 6.35. The third kappa shape index (κ3) is 6.89. The molecule has 1 aromatic rings. The molecule has 2 N–H and O–H groups in total. The van der Waals surface area contributed by atoms with Gasteiger partial charge in [-0.3, -0.25) is 9.89 Å². The Bertz CT molecular complexity index is 479. The first kappa shape index (κ1) is 18.7. The van der Waals surface area contributed by atoms with Gasteiger partial charge in [-0.2, -0.15) is 0 Å². The van der Waals surface area contributed by atoms with Crippen molar-refractivity contribution in [2.45, 2.75) is 38.8 Å². The minimum Gasteiger partial charge on any atom is -0.383 e. The van der Waals surface area contributed by atoms with Crippen molar-refractivity contribution >= 4 is 5.96 Å². The first-order chi connectivity index (χ1) is 11.8. The summed E-state index contributed by atoms with van der Waals surface area (Å²) < 4.78 is 5.03. The van der Waals surface area contributed by atoms with Crippen LogP contribution in [0.4, 0.5) is 0 Å². The molecule has 0 unspecified atom stereocenters. The molecule has 0 atom stereocenters. The fraction of sp³-hybridized carbons (Fsp3) is 0.632. The van der Waals surface area contributed by atoms with Crippen LogP contribution in [0.1, 0.15) is 36.8 Å². The Morgan fingerprint density at radius 2 is 1.71 bits per heavy atom. The predicted octanol–water partition coefficient (Wildman–Crippen LogP) is 2.37. The lowest BCUT2D eigenvalue weighted by Gasteiger charge is -2.20. The molecule has 0 aliphatic carbocycles. The van der Waals surface area contributed by atoms with Crippen LogP contribution in [0.25, 0.3) is 0 Å². The molecule has 2 rings (SSSR count). The number of nitrogens with zero attached hydrogens (tertiary/aromatic N) is 2. The Balaban J connectivity index is 1.76. The Morgan fingerprint density at radius 3 is 2.33 bits per heavy atom. The number of nitrogens with one attached hydrogen (secondary N) is 2. The van der Waals surface area contributed by atoms with Gasteiger partial charge in [0.2, 0.25) is 0 Å². The largest absolute Gasteiger partial charge is 0.383 e. The van der Waals surface area contributed by atoms with E-state index in [1.807, 2.05) is 0 Å². The van der Waals surface area contributed by atoms with Crippen LogP contribution in [-0.4, -0.2) is 51.3 Å². The number of methoxy groups -OCH3 is 1. The van der Waals surface area contributed by atoms with E-state index in [4.69, 9.17) is 4.74 Å². The van der Waals surface area contributed by atoms with Gasteiger partial charge in [-0.25, -0.2) is 0 Å². The summed E-state index contributed by atoms with van der Waals surface area (Å²) in [6.45, 7) is 5.76. The smallest absolute Gasteiger partial charge is 0.191 e. The van der Waals surface area contributed by atoms with Crippen molar-refractivity contribution in [3.63, 3.8) is 0 Å². The molecular formula is C19H32N4O. The van der Waals surface area contributed by atoms with E-state index in [1.165, 1.54) is 49.9 Å². The highest BCUT2D eigenvalue weighted by Crippen LogP contribution is 2.13. The van der Waals surface area contributed by atoms with Gasteiger partial charge in [0.15, 0.2) is 5.96 Å². The summed E-state index contributed by atoms with van der Waals surface area (Å²) in [4.78, 5) is 6.80.